The summed E-state index contributed by atoms with van der Waals surface area (Å²) in [5, 5.41) is 3.32. The molecule has 0 fully saturated rings. The van der Waals surface area contributed by atoms with Crippen molar-refractivity contribution in [3.05, 3.63) is 29.3 Å². The highest BCUT2D eigenvalue weighted by Crippen LogP contribution is 2.32. The zero-order valence-corrected chi connectivity index (χ0v) is 11.4. The predicted molar refractivity (Wildman–Crippen MR) is 73.2 cm³/mol. The molecule has 1 atom stereocenters. The number of nitrogens with one attached hydrogen (secondary N) is 1. The first-order valence-electron chi connectivity index (χ1n) is 6.86. The Hall–Kier alpha value is -1.06. The highest BCUT2D eigenvalue weighted by Gasteiger charge is 2.19. The number of benzene rings is 1. The smallest absolute Gasteiger partial charge is 0.127 e. The molecule has 1 aromatic carbocycles. The lowest BCUT2D eigenvalue weighted by molar-refractivity contribution is 0.113. The SMILES string of the molecule is CCCOCC(NC)c1cccc2c1OCCC2. The molecule has 1 N–H and O–H groups in total. The van der Waals surface area contributed by atoms with Crippen LogP contribution in [0.2, 0.25) is 0 Å². The molecule has 3 heteroatoms. The lowest BCUT2D eigenvalue weighted by Crippen LogP contribution is -2.24. The fourth-order valence-corrected chi connectivity index (χ4v) is 2.36. The molecule has 1 aliphatic heterocycles. The first-order valence-corrected chi connectivity index (χ1v) is 6.86. The Morgan fingerprint density at radius 2 is 2.33 bits per heavy atom. The minimum absolute atomic E-state index is 0.213. The van der Waals surface area contributed by atoms with E-state index >= 15 is 0 Å². The van der Waals surface area contributed by atoms with Crippen LogP contribution in [0.15, 0.2) is 18.2 Å². The fourth-order valence-electron chi connectivity index (χ4n) is 2.36. The molecular weight excluding hydrogens is 226 g/mol. The van der Waals surface area contributed by atoms with Crippen molar-refractivity contribution in [2.24, 2.45) is 0 Å². The van der Waals surface area contributed by atoms with Gasteiger partial charge in [0, 0.05) is 12.2 Å². The minimum Gasteiger partial charge on any atom is -0.493 e. The van der Waals surface area contributed by atoms with Crippen LogP contribution in [0.25, 0.3) is 0 Å². The molecule has 0 aliphatic carbocycles. The second-order valence-corrected chi connectivity index (χ2v) is 4.70. The first-order chi connectivity index (χ1) is 8.86. The molecule has 0 aromatic heterocycles. The Morgan fingerprint density at radius 3 is 3.11 bits per heavy atom. The van der Waals surface area contributed by atoms with E-state index in [9.17, 15) is 0 Å². The standard InChI is InChI=1S/C15H23NO2/c1-3-9-17-11-14(16-2)13-8-4-6-12-7-5-10-18-15(12)13/h4,6,8,14,16H,3,5,7,9-11H2,1-2H3. The van der Waals surface area contributed by atoms with Gasteiger partial charge in [-0.25, -0.2) is 0 Å². The summed E-state index contributed by atoms with van der Waals surface area (Å²) in [6.45, 7) is 4.47. The molecule has 0 radical (unpaired) electrons. The zero-order valence-electron chi connectivity index (χ0n) is 11.4. The fraction of sp³-hybridized carbons (Fsp3) is 0.600. The van der Waals surface area contributed by atoms with E-state index in [4.69, 9.17) is 9.47 Å². The first kappa shape index (κ1) is 13.4. The van der Waals surface area contributed by atoms with Gasteiger partial charge in [0.1, 0.15) is 5.75 Å². The maximum Gasteiger partial charge on any atom is 0.127 e. The Morgan fingerprint density at radius 1 is 1.44 bits per heavy atom. The van der Waals surface area contributed by atoms with Crippen LogP contribution < -0.4 is 10.1 Å². The van der Waals surface area contributed by atoms with E-state index in [1.807, 2.05) is 7.05 Å². The van der Waals surface area contributed by atoms with Gasteiger partial charge in [0.15, 0.2) is 0 Å². The molecule has 0 amide bonds. The summed E-state index contributed by atoms with van der Waals surface area (Å²) < 4.78 is 11.5. The third kappa shape index (κ3) is 3.03. The van der Waals surface area contributed by atoms with Crippen LogP contribution in [-0.4, -0.2) is 26.9 Å². The van der Waals surface area contributed by atoms with Crippen molar-refractivity contribution in [1.82, 2.24) is 5.32 Å². The van der Waals surface area contributed by atoms with Crippen molar-refractivity contribution in [2.45, 2.75) is 32.2 Å². The number of likely N-dealkylation sites (N-methyl/N-ethyl adjacent to an activating group) is 1. The summed E-state index contributed by atoms with van der Waals surface area (Å²) in [5.41, 5.74) is 2.56. The van der Waals surface area contributed by atoms with Gasteiger partial charge in [-0.15, -0.1) is 0 Å². The van der Waals surface area contributed by atoms with Crippen LogP contribution in [0.1, 0.15) is 36.9 Å². The van der Waals surface area contributed by atoms with Crippen LogP contribution in [0.5, 0.6) is 5.75 Å². The van der Waals surface area contributed by atoms with Crippen molar-refractivity contribution in [3.8, 4) is 5.75 Å². The van der Waals surface area contributed by atoms with E-state index in [-0.39, 0.29) is 6.04 Å². The second kappa shape index (κ2) is 6.76. The lowest BCUT2D eigenvalue weighted by Gasteiger charge is -2.25. The van der Waals surface area contributed by atoms with E-state index in [0.717, 1.165) is 38.2 Å². The monoisotopic (exact) mass is 249 g/mol. The van der Waals surface area contributed by atoms with Crippen molar-refractivity contribution in [2.75, 3.05) is 26.9 Å². The maximum absolute atomic E-state index is 5.85. The Kier molecular flexibility index (Phi) is 5.02. The summed E-state index contributed by atoms with van der Waals surface area (Å²) in [5.74, 6) is 1.07. The van der Waals surface area contributed by atoms with E-state index in [1.165, 1.54) is 11.1 Å². The van der Waals surface area contributed by atoms with Gasteiger partial charge in [-0.05, 0) is 31.9 Å². The second-order valence-electron chi connectivity index (χ2n) is 4.70. The van der Waals surface area contributed by atoms with Gasteiger partial charge in [-0.1, -0.05) is 25.1 Å². The van der Waals surface area contributed by atoms with Crippen LogP contribution in [0.4, 0.5) is 0 Å². The summed E-state index contributed by atoms with van der Waals surface area (Å²) >= 11 is 0. The topological polar surface area (TPSA) is 30.5 Å². The van der Waals surface area contributed by atoms with Gasteiger partial charge in [0.05, 0.1) is 19.3 Å². The molecule has 18 heavy (non-hydrogen) atoms. The third-order valence-corrected chi connectivity index (χ3v) is 3.32. The molecule has 1 heterocycles. The van der Waals surface area contributed by atoms with E-state index in [1.54, 1.807) is 0 Å². The van der Waals surface area contributed by atoms with Gasteiger partial charge in [-0.3, -0.25) is 0 Å². The van der Waals surface area contributed by atoms with Gasteiger partial charge in [-0.2, -0.15) is 0 Å². The highest BCUT2D eigenvalue weighted by molar-refractivity contribution is 5.44. The molecule has 3 nitrogen and oxygen atoms in total. The number of fused-ring (bicyclic) bond motifs is 1. The number of rotatable bonds is 6. The average Bonchev–Trinajstić information content (AvgIpc) is 2.43. The highest BCUT2D eigenvalue weighted by atomic mass is 16.5. The van der Waals surface area contributed by atoms with Crippen LogP contribution in [0.3, 0.4) is 0 Å². The molecule has 0 saturated heterocycles. The molecule has 1 aromatic rings. The van der Waals surface area contributed by atoms with Crippen LogP contribution >= 0.6 is 0 Å². The van der Waals surface area contributed by atoms with Crippen molar-refractivity contribution in [1.29, 1.82) is 0 Å². The summed E-state index contributed by atoms with van der Waals surface area (Å²) in [7, 11) is 1.97. The van der Waals surface area contributed by atoms with Gasteiger partial charge >= 0.3 is 0 Å². The number of aryl methyl sites for hydroxylation is 1. The van der Waals surface area contributed by atoms with Crippen molar-refractivity contribution >= 4 is 0 Å². The molecule has 1 aliphatic rings. The van der Waals surface area contributed by atoms with E-state index in [2.05, 4.69) is 30.4 Å². The molecule has 0 spiro atoms. The van der Waals surface area contributed by atoms with E-state index < -0.39 is 0 Å². The Bertz CT molecular complexity index is 379. The van der Waals surface area contributed by atoms with Crippen molar-refractivity contribution in [3.63, 3.8) is 0 Å². The number of hydrogen-bond donors (Lipinski definition) is 1. The Labute approximate surface area is 109 Å². The molecule has 2 rings (SSSR count). The van der Waals surface area contributed by atoms with Gasteiger partial charge in [0.2, 0.25) is 0 Å². The Balaban J connectivity index is 2.14. The minimum atomic E-state index is 0.213. The van der Waals surface area contributed by atoms with Crippen LogP contribution in [0, 0.1) is 0 Å². The molecule has 100 valence electrons. The largest absolute Gasteiger partial charge is 0.493 e. The molecule has 0 bridgehead atoms. The average molecular weight is 249 g/mol. The number of para-hydroxylation sites is 1. The van der Waals surface area contributed by atoms with Crippen molar-refractivity contribution < 1.29 is 9.47 Å². The van der Waals surface area contributed by atoms with E-state index in [0.29, 0.717) is 6.61 Å². The van der Waals surface area contributed by atoms with Gasteiger partial charge in [0.25, 0.3) is 0 Å². The van der Waals surface area contributed by atoms with Gasteiger partial charge < -0.3 is 14.8 Å². The summed E-state index contributed by atoms with van der Waals surface area (Å²) in [4.78, 5) is 0. The number of ether oxygens (including phenoxy) is 2. The molecule has 1 unspecified atom stereocenters. The molecule has 0 saturated carbocycles. The summed E-state index contributed by atoms with van der Waals surface area (Å²) in [6, 6.07) is 6.63. The lowest BCUT2D eigenvalue weighted by atomic mass is 9.98. The number of hydrogen-bond acceptors (Lipinski definition) is 3. The zero-order chi connectivity index (χ0) is 12.8. The normalized spacial score (nSPS) is 15.9. The maximum atomic E-state index is 5.85. The predicted octanol–water partition coefficient (Wildman–Crippen LogP) is 2.70. The molecular formula is C15H23NO2. The van der Waals surface area contributed by atoms with Crippen LogP contribution in [-0.2, 0) is 11.2 Å². The quantitative estimate of drug-likeness (QED) is 0.786. The third-order valence-electron chi connectivity index (χ3n) is 3.32. The summed E-state index contributed by atoms with van der Waals surface area (Å²) in [6.07, 6.45) is 3.29.